The fourth-order valence-corrected chi connectivity index (χ4v) is 2.96. The van der Waals surface area contributed by atoms with E-state index in [1.165, 1.54) is 0 Å². The Kier molecular flexibility index (Phi) is 14.3. The van der Waals surface area contributed by atoms with Crippen molar-refractivity contribution in [2.75, 3.05) is 12.3 Å². The van der Waals surface area contributed by atoms with Gasteiger partial charge in [0.1, 0.15) is 18.1 Å². The number of hydrogen-bond acceptors (Lipinski definition) is 8. The van der Waals surface area contributed by atoms with E-state index < -0.39 is 66.2 Å². The molecule has 0 aromatic carbocycles. The van der Waals surface area contributed by atoms with Crippen LogP contribution >= 0.6 is 12.6 Å². The highest BCUT2D eigenvalue weighted by atomic mass is 32.1. The summed E-state index contributed by atoms with van der Waals surface area (Å²) in [6, 6.07) is -4.86. The molecule has 184 valence electrons. The summed E-state index contributed by atoms with van der Waals surface area (Å²) in [7, 11) is 0. The minimum Gasteiger partial charge on any atom is -0.481 e. The molecule has 0 heterocycles. The van der Waals surface area contributed by atoms with Gasteiger partial charge in [0.05, 0.1) is 12.5 Å². The lowest BCUT2D eigenvalue weighted by Crippen LogP contribution is -2.58. The maximum absolute atomic E-state index is 12.6. The topological polar surface area (TPSA) is 214 Å². The van der Waals surface area contributed by atoms with E-state index in [1.807, 2.05) is 0 Å². The van der Waals surface area contributed by atoms with Crippen LogP contribution in [-0.2, 0) is 24.0 Å². The van der Waals surface area contributed by atoms with Gasteiger partial charge in [-0.3, -0.25) is 19.2 Å². The lowest BCUT2D eigenvalue weighted by molar-refractivity contribution is -0.144. The highest BCUT2D eigenvalue weighted by molar-refractivity contribution is 7.80. The molecule has 32 heavy (non-hydrogen) atoms. The zero-order valence-corrected chi connectivity index (χ0v) is 19.3. The van der Waals surface area contributed by atoms with E-state index in [-0.39, 0.29) is 5.75 Å². The van der Waals surface area contributed by atoms with Gasteiger partial charge in [0.2, 0.25) is 17.7 Å². The monoisotopic (exact) mass is 477 g/mol. The molecule has 0 aliphatic heterocycles. The number of rotatable bonds is 16. The van der Waals surface area contributed by atoms with Gasteiger partial charge in [-0.25, -0.2) is 4.79 Å². The average Bonchev–Trinajstić information content (AvgIpc) is 2.73. The normalized spacial score (nSPS) is 15.5. The zero-order valence-electron chi connectivity index (χ0n) is 18.4. The van der Waals surface area contributed by atoms with Crippen molar-refractivity contribution in [3.8, 4) is 0 Å². The molecule has 13 heteroatoms. The smallest absolute Gasteiger partial charge is 0.326 e. The molecule has 9 N–H and O–H groups in total. The van der Waals surface area contributed by atoms with Crippen molar-refractivity contribution in [2.24, 2.45) is 17.4 Å². The van der Waals surface area contributed by atoms with Gasteiger partial charge < -0.3 is 37.6 Å². The molecule has 0 bridgehead atoms. The number of carbonyl (C=O) groups excluding carboxylic acids is 3. The second-order valence-corrected chi connectivity index (χ2v) is 7.87. The van der Waals surface area contributed by atoms with E-state index in [4.69, 9.17) is 16.6 Å². The second kappa shape index (κ2) is 15.4. The van der Waals surface area contributed by atoms with Crippen molar-refractivity contribution in [1.29, 1.82) is 0 Å². The van der Waals surface area contributed by atoms with E-state index in [2.05, 4.69) is 28.6 Å². The van der Waals surface area contributed by atoms with Gasteiger partial charge in [-0.1, -0.05) is 26.7 Å². The average molecular weight is 478 g/mol. The van der Waals surface area contributed by atoms with Crippen LogP contribution in [0.4, 0.5) is 0 Å². The lowest BCUT2D eigenvalue weighted by atomic mass is 9.98. The number of hydrogen-bond donors (Lipinski definition) is 8. The second-order valence-electron chi connectivity index (χ2n) is 7.50. The van der Waals surface area contributed by atoms with Crippen molar-refractivity contribution < 1.29 is 34.2 Å². The number of unbranched alkanes of at least 4 members (excludes halogenated alkanes) is 1. The summed E-state index contributed by atoms with van der Waals surface area (Å²) in [5.41, 5.74) is 11.2. The molecule has 0 rings (SSSR count). The maximum Gasteiger partial charge on any atom is 0.326 e. The Morgan fingerprint density at radius 2 is 1.50 bits per heavy atom. The molecule has 0 aromatic heterocycles. The molecule has 0 fully saturated rings. The van der Waals surface area contributed by atoms with E-state index >= 15 is 0 Å². The standard InChI is InChI=1S/C19H35N5O7S/c1-3-10(2)15(19(30)31)24-17(28)12(8-14(25)26)22-18(29)13(9-32)23-16(27)11(21)6-4-5-7-20/h10-13,15,32H,3-9,20-21H2,1-2H3,(H,22,29)(H,23,27)(H,24,28)(H,25,26)(H,30,31). The quantitative estimate of drug-likeness (QED) is 0.0950. The van der Waals surface area contributed by atoms with Crippen molar-refractivity contribution in [1.82, 2.24) is 16.0 Å². The summed E-state index contributed by atoms with van der Waals surface area (Å²) < 4.78 is 0. The summed E-state index contributed by atoms with van der Waals surface area (Å²) in [4.78, 5) is 60.0. The van der Waals surface area contributed by atoms with Gasteiger partial charge in [0.25, 0.3) is 0 Å². The minimum atomic E-state index is -1.55. The lowest BCUT2D eigenvalue weighted by Gasteiger charge is -2.25. The van der Waals surface area contributed by atoms with Gasteiger partial charge >= 0.3 is 11.9 Å². The van der Waals surface area contributed by atoms with Crippen LogP contribution in [0.3, 0.4) is 0 Å². The van der Waals surface area contributed by atoms with Crippen molar-refractivity contribution in [3.05, 3.63) is 0 Å². The largest absolute Gasteiger partial charge is 0.481 e. The highest BCUT2D eigenvalue weighted by Gasteiger charge is 2.32. The Morgan fingerprint density at radius 3 is 1.97 bits per heavy atom. The molecule has 0 radical (unpaired) electrons. The summed E-state index contributed by atoms with van der Waals surface area (Å²) in [5, 5.41) is 25.4. The molecule has 5 atom stereocenters. The molecule has 0 aliphatic rings. The number of carboxylic acids is 2. The number of nitrogens with one attached hydrogen (secondary N) is 3. The first-order valence-corrected chi connectivity index (χ1v) is 11.0. The Hall–Kier alpha value is -2.38. The van der Waals surface area contributed by atoms with Gasteiger partial charge in [-0.15, -0.1) is 0 Å². The van der Waals surface area contributed by atoms with Crippen molar-refractivity contribution in [3.63, 3.8) is 0 Å². The predicted molar refractivity (Wildman–Crippen MR) is 120 cm³/mol. The van der Waals surface area contributed by atoms with Gasteiger partial charge in [-0.2, -0.15) is 12.6 Å². The first-order chi connectivity index (χ1) is 15.0. The Balaban J connectivity index is 5.23. The van der Waals surface area contributed by atoms with Crippen LogP contribution in [0.5, 0.6) is 0 Å². The molecule has 0 saturated carbocycles. The molecule has 0 aromatic rings. The van der Waals surface area contributed by atoms with Crippen LogP contribution in [0, 0.1) is 5.92 Å². The van der Waals surface area contributed by atoms with Crippen LogP contribution in [0.1, 0.15) is 46.0 Å². The Labute approximate surface area is 192 Å². The van der Waals surface area contributed by atoms with Crippen molar-refractivity contribution in [2.45, 2.75) is 70.1 Å². The van der Waals surface area contributed by atoms with Crippen LogP contribution in [-0.4, -0.2) is 76.3 Å². The fourth-order valence-electron chi connectivity index (χ4n) is 2.71. The third-order valence-corrected chi connectivity index (χ3v) is 5.28. The summed E-state index contributed by atoms with van der Waals surface area (Å²) in [6.45, 7) is 3.82. The Bertz CT molecular complexity index is 664. The van der Waals surface area contributed by atoms with Crippen molar-refractivity contribution >= 4 is 42.3 Å². The minimum absolute atomic E-state index is 0.140. The van der Waals surface area contributed by atoms with Crippen LogP contribution in [0.2, 0.25) is 0 Å². The first kappa shape index (κ1) is 29.6. The molecular weight excluding hydrogens is 442 g/mol. The van der Waals surface area contributed by atoms with E-state index in [0.717, 1.165) is 0 Å². The van der Waals surface area contributed by atoms with Crippen LogP contribution in [0.25, 0.3) is 0 Å². The van der Waals surface area contributed by atoms with Gasteiger partial charge in [0.15, 0.2) is 0 Å². The zero-order chi connectivity index (χ0) is 24.8. The number of thiol groups is 1. The molecular formula is C19H35N5O7S. The summed E-state index contributed by atoms with van der Waals surface area (Å²) in [6.07, 6.45) is 1.35. The molecule has 5 unspecified atom stereocenters. The van der Waals surface area contributed by atoms with Crippen LogP contribution < -0.4 is 27.4 Å². The van der Waals surface area contributed by atoms with Crippen LogP contribution in [0.15, 0.2) is 0 Å². The first-order valence-electron chi connectivity index (χ1n) is 10.4. The molecule has 12 nitrogen and oxygen atoms in total. The number of nitrogens with two attached hydrogens (primary N) is 2. The number of aliphatic carboxylic acids is 2. The van der Waals surface area contributed by atoms with E-state index in [0.29, 0.717) is 32.2 Å². The number of amides is 3. The predicted octanol–water partition coefficient (Wildman–Crippen LogP) is -1.57. The molecule has 0 aliphatic carbocycles. The van der Waals surface area contributed by atoms with E-state index in [9.17, 15) is 29.1 Å². The number of carboxylic acid groups (broad SMARTS) is 2. The molecule has 0 spiro atoms. The van der Waals surface area contributed by atoms with E-state index in [1.54, 1.807) is 13.8 Å². The highest BCUT2D eigenvalue weighted by Crippen LogP contribution is 2.09. The molecule has 0 saturated heterocycles. The fraction of sp³-hybridized carbons (Fsp3) is 0.737. The third kappa shape index (κ3) is 10.8. The third-order valence-electron chi connectivity index (χ3n) is 4.91. The number of carbonyl (C=O) groups is 5. The summed E-state index contributed by atoms with van der Waals surface area (Å²) >= 11 is 4.02. The SMILES string of the molecule is CCC(C)C(NC(=O)C(CC(=O)O)NC(=O)C(CS)NC(=O)C(N)CCCCN)C(=O)O. The Morgan fingerprint density at radius 1 is 0.938 bits per heavy atom. The summed E-state index contributed by atoms with van der Waals surface area (Å²) in [5.74, 6) is -5.64. The maximum atomic E-state index is 12.6. The molecule has 3 amide bonds. The van der Waals surface area contributed by atoms with Gasteiger partial charge in [-0.05, 0) is 25.3 Å². The van der Waals surface area contributed by atoms with Gasteiger partial charge in [0, 0.05) is 5.75 Å².